The van der Waals surface area contributed by atoms with Gasteiger partial charge in [0.2, 0.25) is 6.20 Å². The Hall–Kier alpha value is -4.47. The van der Waals surface area contributed by atoms with Crippen LogP contribution in [0, 0.1) is 5.92 Å². The fraction of sp³-hybridized carbons (Fsp3) is 0.467. The minimum Gasteiger partial charge on any atom is -0.489 e. The second-order valence-corrected chi connectivity index (χ2v) is 13.8. The first-order valence-electron chi connectivity index (χ1n) is 15.5. The van der Waals surface area contributed by atoms with Gasteiger partial charge in [-0.15, -0.1) is 20.3 Å². The lowest BCUT2D eigenvalue weighted by Crippen LogP contribution is -2.68. The number of carbonyl (C=O) groups excluding carboxylic acids is 2. The van der Waals surface area contributed by atoms with Gasteiger partial charge in [-0.05, 0) is 64.0 Å². The second-order valence-electron chi connectivity index (χ2n) is 11.9. The smallest absolute Gasteiger partial charge is 0.418 e. The summed E-state index contributed by atoms with van der Waals surface area (Å²) in [4.78, 5) is 47.3. The number of hydroxylamine groups is 2. The zero-order valence-corrected chi connectivity index (χ0v) is 29.4. The number of aliphatic carboxylic acids is 1. The van der Waals surface area contributed by atoms with Crippen LogP contribution in [-0.4, -0.2) is 94.1 Å². The first kappa shape index (κ1) is 38.3. The molecule has 50 heavy (non-hydrogen) atoms. The van der Waals surface area contributed by atoms with Crippen molar-refractivity contribution in [2.24, 2.45) is 23.9 Å². The van der Waals surface area contributed by atoms with E-state index in [9.17, 15) is 27.9 Å². The number of aromatic nitrogens is 3. The topological polar surface area (TPSA) is 255 Å². The molecule has 1 saturated heterocycles. The molecule has 4 rings (SSSR count). The maximum atomic E-state index is 13.4. The normalized spacial score (nSPS) is 16.6. The summed E-state index contributed by atoms with van der Waals surface area (Å²) >= 11 is 0.991. The molecule has 272 valence electrons. The molecule has 20 heteroatoms. The summed E-state index contributed by atoms with van der Waals surface area (Å²) in [5.41, 5.74) is 11.4. The molecule has 0 spiro atoms. The monoisotopic (exact) mass is 737 g/mol. The molecule has 0 radical (unpaired) electrons. The van der Waals surface area contributed by atoms with Crippen LogP contribution in [0.4, 0.5) is 5.13 Å². The molecule has 0 saturated carbocycles. The number of hydrogen-bond acceptors (Lipinski definition) is 14. The molecule has 1 aromatic carbocycles. The lowest BCUT2D eigenvalue weighted by atomic mass is 9.74. The van der Waals surface area contributed by atoms with Crippen molar-refractivity contribution < 1.29 is 51.0 Å². The third-order valence-corrected chi connectivity index (χ3v) is 8.93. The third kappa shape index (κ3) is 9.82. The van der Waals surface area contributed by atoms with Gasteiger partial charge in [0.15, 0.2) is 23.7 Å². The maximum absolute atomic E-state index is 13.4. The molecule has 0 bridgehead atoms. The van der Waals surface area contributed by atoms with E-state index in [1.54, 1.807) is 12.1 Å². The van der Waals surface area contributed by atoms with Crippen LogP contribution in [0.15, 0.2) is 47.2 Å². The van der Waals surface area contributed by atoms with Crippen molar-refractivity contribution in [3.05, 3.63) is 47.7 Å². The van der Waals surface area contributed by atoms with E-state index >= 15 is 0 Å². The number of nitrogen functional groups attached to an aromatic ring is 1. The number of ketones is 1. The van der Waals surface area contributed by atoms with Gasteiger partial charge in [0, 0.05) is 11.8 Å². The highest BCUT2D eigenvalue weighted by atomic mass is 32.3. The number of nitrogens with one attached hydrogen (secondary N) is 1. The number of rotatable bonds is 20. The van der Waals surface area contributed by atoms with Crippen molar-refractivity contribution in [3.8, 4) is 16.9 Å². The lowest BCUT2D eigenvalue weighted by molar-refractivity contribution is -0.753. The van der Waals surface area contributed by atoms with Crippen molar-refractivity contribution in [1.29, 1.82) is 0 Å². The van der Waals surface area contributed by atoms with Crippen LogP contribution in [0.1, 0.15) is 38.8 Å². The average molecular weight is 738 g/mol. The minimum absolute atomic E-state index is 0.0184. The number of ether oxygens (including phenoxy) is 1. The van der Waals surface area contributed by atoms with Gasteiger partial charge in [0.1, 0.15) is 18.1 Å². The number of anilines is 1. The Morgan fingerprint density at radius 1 is 1.20 bits per heavy atom. The van der Waals surface area contributed by atoms with Crippen molar-refractivity contribution in [2.45, 2.75) is 51.3 Å². The van der Waals surface area contributed by atoms with Crippen molar-refractivity contribution in [1.82, 2.24) is 20.0 Å². The Balaban J connectivity index is 1.39. The minimum atomic E-state index is -4.99. The van der Waals surface area contributed by atoms with E-state index in [4.69, 9.17) is 25.6 Å². The highest BCUT2D eigenvalue weighted by Crippen LogP contribution is 2.40. The number of aryl methyl sites for hydroxylation is 2. The Morgan fingerprint density at radius 2 is 1.90 bits per heavy atom. The highest BCUT2D eigenvalue weighted by molar-refractivity contribution is 7.80. The quantitative estimate of drug-likeness (QED) is 0.0265. The summed E-state index contributed by atoms with van der Waals surface area (Å²) in [7, 11) is -3.03. The molecule has 2 atom stereocenters. The zero-order valence-electron chi connectivity index (χ0n) is 27.7. The van der Waals surface area contributed by atoms with E-state index in [-0.39, 0.29) is 10.8 Å². The molecular weight excluding hydrogens is 697 g/mol. The average Bonchev–Trinajstić information content (AvgIpc) is 3.66. The summed E-state index contributed by atoms with van der Waals surface area (Å²) in [6.45, 7) is 5.66. The predicted molar refractivity (Wildman–Crippen MR) is 180 cm³/mol. The number of Topliss-reactive ketones (excluding diaryl/α,β-unsaturated/α-hetero) is 1. The molecular formula is C30H41N8O10S2+. The van der Waals surface area contributed by atoms with E-state index in [0.29, 0.717) is 17.4 Å². The van der Waals surface area contributed by atoms with Gasteiger partial charge in [-0.1, -0.05) is 17.3 Å². The molecule has 1 aliphatic heterocycles. The number of nitrogens with zero attached hydrogens (tertiary/aromatic N) is 5. The Labute approximate surface area is 292 Å². The van der Waals surface area contributed by atoms with Crippen molar-refractivity contribution in [2.75, 3.05) is 32.0 Å². The number of oxime groups is 1. The number of thiazole rings is 1. The van der Waals surface area contributed by atoms with Crippen molar-refractivity contribution >= 4 is 50.2 Å². The van der Waals surface area contributed by atoms with E-state index in [1.807, 2.05) is 36.3 Å². The van der Waals surface area contributed by atoms with E-state index in [0.717, 1.165) is 54.9 Å². The van der Waals surface area contributed by atoms with Crippen LogP contribution >= 0.6 is 11.3 Å². The first-order chi connectivity index (χ1) is 23.6. The van der Waals surface area contributed by atoms with Gasteiger partial charge in [0.25, 0.3) is 12.0 Å². The van der Waals surface area contributed by atoms with Gasteiger partial charge >= 0.3 is 16.4 Å². The number of carbonyl (C=O) groups is 3. The van der Waals surface area contributed by atoms with Crippen LogP contribution in [-0.2, 0) is 47.5 Å². The molecule has 3 heterocycles. The van der Waals surface area contributed by atoms with Crippen LogP contribution in [0.5, 0.6) is 5.75 Å². The summed E-state index contributed by atoms with van der Waals surface area (Å²) in [5.74, 6) is -3.78. The van der Waals surface area contributed by atoms with Crippen LogP contribution < -0.4 is 26.2 Å². The van der Waals surface area contributed by atoms with E-state index in [1.165, 1.54) is 19.2 Å². The summed E-state index contributed by atoms with van der Waals surface area (Å²) in [5, 5.41) is 18.9. The van der Waals surface area contributed by atoms with Gasteiger partial charge in [-0.3, -0.25) is 14.1 Å². The lowest BCUT2D eigenvalue weighted by Gasteiger charge is -2.50. The summed E-state index contributed by atoms with van der Waals surface area (Å²) < 4.78 is 45.4. The standard InChI is InChI=1S/C30H40N8O10S2/c1-30(2)22(27(40)38(30)48-50(43,44)45)14-24(39)26(23-18-49-29(32)34-23)35-47-25(28(41)42)17-46-21-8-6-19(7-9-21)20-15-36(3)37(16-20)13-5-12-33-11-4-10-31/h6-9,15-16,18,22,25,33H,4-5,10-14,17,31H2,1-3H3,(H3-,32,34,41,42,43,44,45)/p+1/b35-26-/t22-,25+/m1/s1. The number of nitrogens with two attached hydrogens (primary N) is 2. The fourth-order valence-electron chi connectivity index (χ4n) is 5.11. The number of carboxylic acid groups (broad SMARTS) is 1. The van der Waals surface area contributed by atoms with Gasteiger partial charge in [-0.2, -0.15) is 18.2 Å². The number of amides is 1. The molecule has 1 amide bonds. The zero-order chi connectivity index (χ0) is 36.6. The van der Waals surface area contributed by atoms with Crippen LogP contribution in [0.2, 0.25) is 0 Å². The molecule has 1 fully saturated rings. The summed E-state index contributed by atoms with van der Waals surface area (Å²) in [6.07, 6.45) is 3.80. The number of β-lactam (4-membered cyclic amide) rings is 1. The van der Waals surface area contributed by atoms with Crippen LogP contribution in [0.3, 0.4) is 0 Å². The number of hydrogen-bond donors (Lipinski definition) is 5. The predicted octanol–water partition coefficient (Wildman–Crippen LogP) is 0.530. The maximum Gasteiger partial charge on any atom is 0.418 e. The molecule has 7 N–H and O–H groups in total. The molecule has 3 aromatic rings. The molecule has 1 aliphatic rings. The number of carboxylic acids is 1. The molecule has 0 unspecified atom stereocenters. The Bertz CT molecular complexity index is 1810. The van der Waals surface area contributed by atoms with Crippen molar-refractivity contribution in [3.63, 3.8) is 0 Å². The molecule has 2 aromatic heterocycles. The molecule has 0 aliphatic carbocycles. The second kappa shape index (κ2) is 16.5. The first-order valence-corrected chi connectivity index (χ1v) is 17.8. The van der Waals surface area contributed by atoms with Gasteiger partial charge < -0.3 is 31.5 Å². The fourth-order valence-corrected chi connectivity index (χ4v) is 6.12. The SMILES string of the molecule is C[n+]1cc(-c2ccc(OC[C@H](O/N=C(\C(=O)C[C@@H]3C(=O)N(OS(=O)(=O)O)C3(C)C)c3csc(N)n3)C(=O)O)cc2)cn1CCCNCCCN. The largest absolute Gasteiger partial charge is 0.489 e. The Kier molecular flexibility index (Phi) is 12.6. The Morgan fingerprint density at radius 3 is 2.50 bits per heavy atom. The summed E-state index contributed by atoms with van der Waals surface area (Å²) in [6, 6.07) is 7.06. The van der Waals surface area contributed by atoms with Gasteiger partial charge in [0.05, 0.1) is 29.8 Å². The molecule has 18 nitrogen and oxygen atoms in total. The van der Waals surface area contributed by atoms with Crippen LogP contribution in [0.25, 0.3) is 11.1 Å². The van der Waals surface area contributed by atoms with E-state index < -0.39 is 64.4 Å². The van der Waals surface area contributed by atoms with Gasteiger partial charge in [-0.25, -0.2) is 9.78 Å². The third-order valence-electron chi connectivity index (χ3n) is 7.91. The number of benzene rings is 1. The van der Waals surface area contributed by atoms with E-state index in [2.05, 4.69) is 24.4 Å². The highest BCUT2D eigenvalue weighted by Gasteiger charge is 2.57.